The molecule has 1 aromatic carbocycles. The lowest BCUT2D eigenvalue weighted by molar-refractivity contribution is 0.589. The fraction of sp³-hybridized carbons (Fsp3) is 0.364. The van der Waals surface area contributed by atoms with Gasteiger partial charge in [-0.2, -0.15) is 0 Å². The Kier molecular flexibility index (Phi) is 2.69. The highest BCUT2D eigenvalue weighted by atomic mass is 16.5. The smallest absolute Gasteiger partial charge is 0.212 e. The minimum atomic E-state index is 0.120. The number of fused-ring (bicyclic) bond motifs is 1. The van der Waals surface area contributed by atoms with Crippen LogP contribution in [0.1, 0.15) is 0 Å². The van der Waals surface area contributed by atoms with E-state index in [9.17, 15) is 5.21 Å². The summed E-state index contributed by atoms with van der Waals surface area (Å²) in [6.45, 7) is 3.85. The largest absolute Gasteiger partial charge is 0.739 e. The van der Waals surface area contributed by atoms with Crippen molar-refractivity contribution in [2.45, 2.75) is 0 Å². The van der Waals surface area contributed by atoms with Gasteiger partial charge in [0, 0.05) is 31.9 Å². The lowest BCUT2D eigenvalue weighted by Crippen LogP contribution is -2.45. The fourth-order valence-electron chi connectivity index (χ4n) is 2.21. The van der Waals surface area contributed by atoms with Crippen molar-refractivity contribution in [3.8, 4) is 0 Å². The number of rotatable bonds is 1. The SMILES string of the molecule is NC1=Nc2cc(N3CCNCC3)ccc2N([O-])N1. The Labute approximate surface area is 105 Å². The van der Waals surface area contributed by atoms with Gasteiger partial charge in [0.25, 0.3) is 0 Å². The van der Waals surface area contributed by atoms with E-state index >= 15 is 0 Å². The molecule has 1 aromatic rings. The van der Waals surface area contributed by atoms with Gasteiger partial charge in [-0.25, -0.2) is 4.99 Å². The number of guanidine groups is 1. The third-order valence-corrected chi connectivity index (χ3v) is 3.12. The molecule has 0 unspecified atom stereocenters. The van der Waals surface area contributed by atoms with E-state index in [1.807, 2.05) is 12.1 Å². The van der Waals surface area contributed by atoms with Crippen molar-refractivity contribution in [2.24, 2.45) is 10.7 Å². The summed E-state index contributed by atoms with van der Waals surface area (Å²) in [6, 6.07) is 5.61. The molecule has 1 fully saturated rings. The van der Waals surface area contributed by atoms with Gasteiger partial charge < -0.3 is 26.3 Å². The van der Waals surface area contributed by atoms with E-state index in [1.54, 1.807) is 6.07 Å². The van der Waals surface area contributed by atoms with Crippen LogP contribution in [0.3, 0.4) is 0 Å². The topological polar surface area (TPSA) is 92.0 Å². The van der Waals surface area contributed by atoms with Crippen molar-refractivity contribution in [1.82, 2.24) is 10.7 Å². The Morgan fingerprint density at radius 1 is 1.28 bits per heavy atom. The number of piperazine rings is 1. The normalized spacial score (nSPS) is 19.1. The van der Waals surface area contributed by atoms with Gasteiger partial charge in [-0.1, -0.05) is 0 Å². The maximum absolute atomic E-state index is 11.6. The molecule has 0 amide bonds. The molecule has 0 saturated carbocycles. The first-order valence-electron chi connectivity index (χ1n) is 5.92. The van der Waals surface area contributed by atoms with Crippen LogP contribution in [0.15, 0.2) is 23.2 Å². The molecule has 4 N–H and O–H groups in total. The minimum absolute atomic E-state index is 0.120. The summed E-state index contributed by atoms with van der Waals surface area (Å²) in [5.41, 5.74) is 10.1. The zero-order valence-corrected chi connectivity index (χ0v) is 9.89. The third-order valence-electron chi connectivity index (χ3n) is 3.12. The molecule has 0 atom stereocenters. The second-order valence-corrected chi connectivity index (χ2v) is 4.31. The molecular weight excluding hydrogens is 232 g/mol. The number of anilines is 2. The second kappa shape index (κ2) is 4.35. The van der Waals surface area contributed by atoms with Gasteiger partial charge in [0.1, 0.15) is 0 Å². The molecule has 0 spiro atoms. The van der Waals surface area contributed by atoms with Crippen LogP contribution < -0.4 is 26.5 Å². The predicted octanol–water partition coefficient (Wildman–Crippen LogP) is -0.135. The second-order valence-electron chi connectivity index (χ2n) is 4.31. The number of nitrogens with two attached hydrogens (primary N) is 1. The molecule has 0 bridgehead atoms. The summed E-state index contributed by atoms with van der Waals surface area (Å²) >= 11 is 0. The number of aliphatic imine (C=N–C) groups is 1. The van der Waals surface area contributed by atoms with Crippen LogP contribution in [0.2, 0.25) is 0 Å². The highest BCUT2D eigenvalue weighted by Crippen LogP contribution is 2.33. The van der Waals surface area contributed by atoms with Crippen LogP contribution in [0.4, 0.5) is 17.1 Å². The monoisotopic (exact) mass is 247 g/mol. The number of nitrogens with one attached hydrogen (secondary N) is 2. The average molecular weight is 247 g/mol. The van der Waals surface area contributed by atoms with Gasteiger partial charge >= 0.3 is 0 Å². The Balaban J connectivity index is 1.93. The van der Waals surface area contributed by atoms with Crippen LogP contribution in [0, 0.1) is 5.21 Å². The molecular formula is C11H15N6O-. The molecule has 0 aromatic heterocycles. The summed E-state index contributed by atoms with van der Waals surface area (Å²) in [4.78, 5) is 6.41. The van der Waals surface area contributed by atoms with Crippen molar-refractivity contribution < 1.29 is 0 Å². The van der Waals surface area contributed by atoms with Crippen molar-refractivity contribution in [2.75, 3.05) is 36.3 Å². The van der Waals surface area contributed by atoms with Gasteiger partial charge in [0.05, 0.1) is 11.4 Å². The molecule has 2 heterocycles. The Morgan fingerprint density at radius 2 is 2.06 bits per heavy atom. The maximum Gasteiger partial charge on any atom is 0.212 e. The van der Waals surface area contributed by atoms with Crippen LogP contribution >= 0.6 is 0 Å². The van der Waals surface area contributed by atoms with E-state index < -0.39 is 0 Å². The Morgan fingerprint density at radius 3 is 2.83 bits per heavy atom. The molecule has 3 rings (SSSR count). The van der Waals surface area contributed by atoms with Crippen LogP contribution in [0.25, 0.3) is 0 Å². The summed E-state index contributed by atoms with van der Waals surface area (Å²) < 4.78 is 0. The van der Waals surface area contributed by atoms with E-state index in [0.717, 1.165) is 31.9 Å². The fourth-order valence-corrected chi connectivity index (χ4v) is 2.21. The number of hydrazine groups is 1. The number of nitrogens with zero attached hydrogens (tertiary/aromatic N) is 3. The van der Waals surface area contributed by atoms with Gasteiger partial charge in [-0.3, -0.25) is 5.43 Å². The Hall–Kier alpha value is -1.99. The first kappa shape index (κ1) is 11.1. The zero-order chi connectivity index (χ0) is 12.5. The first-order chi connectivity index (χ1) is 8.74. The van der Waals surface area contributed by atoms with E-state index in [2.05, 4.69) is 20.6 Å². The standard InChI is InChI=1S/C11H15N6O/c12-11-14-9-7-8(16-5-3-13-4-6-16)1-2-10(9)17(18)15-11/h1-2,7,13H,3-6H2,(H3,12,14,15)/q-1. The molecule has 96 valence electrons. The molecule has 7 nitrogen and oxygen atoms in total. The van der Waals surface area contributed by atoms with Crippen LogP contribution in [-0.2, 0) is 0 Å². The molecule has 18 heavy (non-hydrogen) atoms. The summed E-state index contributed by atoms with van der Waals surface area (Å²) in [7, 11) is 0. The third kappa shape index (κ3) is 1.93. The maximum atomic E-state index is 11.6. The quantitative estimate of drug-likeness (QED) is 0.640. The van der Waals surface area contributed by atoms with Crippen LogP contribution in [0.5, 0.6) is 0 Å². The molecule has 0 radical (unpaired) electrons. The summed E-state index contributed by atoms with van der Waals surface area (Å²) in [5, 5.41) is 15.5. The minimum Gasteiger partial charge on any atom is -0.739 e. The van der Waals surface area contributed by atoms with E-state index in [0.29, 0.717) is 16.5 Å². The van der Waals surface area contributed by atoms with E-state index in [-0.39, 0.29) is 5.96 Å². The zero-order valence-electron chi connectivity index (χ0n) is 9.89. The molecule has 2 aliphatic heterocycles. The highest BCUT2D eigenvalue weighted by molar-refractivity contribution is 5.90. The lowest BCUT2D eigenvalue weighted by Gasteiger charge is -2.36. The van der Waals surface area contributed by atoms with Gasteiger partial charge in [0.2, 0.25) is 5.96 Å². The number of benzene rings is 1. The van der Waals surface area contributed by atoms with E-state index in [1.165, 1.54) is 0 Å². The predicted molar refractivity (Wildman–Crippen MR) is 71.8 cm³/mol. The van der Waals surface area contributed by atoms with Crippen molar-refractivity contribution in [1.29, 1.82) is 0 Å². The van der Waals surface area contributed by atoms with Gasteiger partial charge in [-0.15, -0.1) is 0 Å². The van der Waals surface area contributed by atoms with Crippen LogP contribution in [-0.4, -0.2) is 32.1 Å². The van der Waals surface area contributed by atoms with Gasteiger partial charge in [-0.05, 0) is 18.2 Å². The summed E-state index contributed by atoms with van der Waals surface area (Å²) in [5.74, 6) is 0.120. The molecule has 2 aliphatic rings. The van der Waals surface area contributed by atoms with Crippen molar-refractivity contribution in [3.63, 3.8) is 0 Å². The van der Waals surface area contributed by atoms with Crippen molar-refractivity contribution >= 4 is 23.0 Å². The summed E-state index contributed by atoms with van der Waals surface area (Å²) in [6.07, 6.45) is 0. The number of hydrogen-bond acceptors (Lipinski definition) is 7. The van der Waals surface area contributed by atoms with E-state index in [4.69, 9.17) is 5.73 Å². The number of hydrogen-bond donors (Lipinski definition) is 3. The molecule has 0 aliphatic carbocycles. The van der Waals surface area contributed by atoms with Crippen molar-refractivity contribution in [3.05, 3.63) is 23.4 Å². The molecule has 7 heteroatoms. The van der Waals surface area contributed by atoms with Gasteiger partial charge in [0.15, 0.2) is 0 Å². The molecule has 1 saturated heterocycles. The Bertz CT molecular complexity index is 482. The first-order valence-corrected chi connectivity index (χ1v) is 5.92. The highest BCUT2D eigenvalue weighted by Gasteiger charge is 2.15. The average Bonchev–Trinajstić information content (AvgIpc) is 2.39. The lowest BCUT2D eigenvalue weighted by atomic mass is 10.2.